The number of aromatic nitrogens is 4. The van der Waals surface area contributed by atoms with Gasteiger partial charge in [-0.05, 0) is 55.5 Å². The summed E-state index contributed by atoms with van der Waals surface area (Å²) in [6.07, 6.45) is -0.744. The van der Waals surface area contributed by atoms with Gasteiger partial charge in [0, 0.05) is 24.6 Å². The molecule has 1 aliphatic heterocycles. The summed E-state index contributed by atoms with van der Waals surface area (Å²) in [7, 11) is 0. The molecule has 0 bridgehead atoms. The molecule has 158 valence electrons. The third kappa shape index (κ3) is 3.53. The monoisotopic (exact) mass is 417 g/mol. The number of piperidine rings is 1. The summed E-state index contributed by atoms with van der Waals surface area (Å²) in [6, 6.07) is 4.46. The summed E-state index contributed by atoms with van der Waals surface area (Å²) < 4.78 is 42.2. The van der Waals surface area contributed by atoms with Gasteiger partial charge in [0.15, 0.2) is 0 Å². The van der Waals surface area contributed by atoms with Gasteiger partial charge in [0.1, 0.15) is 17.8 Å². The average molecular weight is 417 g/mol. The SMILES string of the molecule is Cc1cc(C(=O)N2CC[C@@H](C)[C@H](c3cc(C(F)F)nc4ncnn34)C2)cc(C)c1F. The lowest BCUT2D eigenvalue weighted by molar-refractivity contribution is 0.0665. The van der Waals surface area contributed by atoms with Crippen LogP contribution in [0.4, 0.5) is 13.2 Å². The molecule has 1 amide bonds. The first-order valence-electron chi connectivity index (χ1n) is 9.81. The molecule has 3 heterocycles. The molecule has 1 aromatic carbocycles. The van der Waals surface area contributed by atoms with E-state index in [0.717, 1.165) is 0 Å². The molecule has 30 heavy (non-hydrogen) atoms. The summed E-state index contributed by atoms with van der Waals surface area (Å²) in [5, 5.41) is 4.14. The number of halogens is 3. The Morgan fingerprint density at radius 3 is 2.57 bits per heavy atom. The van der Waals surface area contributed by atoms with Gasteiger partial charge in [0.25, 0.3) is 18.1 Å². The van der Waals surface area contributed by atoms with Crippen LogP contribution >= 0.6 is 0 Å². The predicted molar refractivity (Wildman–Crippen MR) is 104 cm³/mol. The minimum Gasteiger partial charge on any atom is -0.338 e. The minimum absolute atomic E-state index is 0.114. The quantitative estimate of drug-likeness (QED) is 0.644. The smallest absolute Gasteiger partial charge is 0.280 e. The molecular weight excluding hydrogens is 395 g/mol. The van der Waals surface area contributed by atoms with E-state index >= 15 is 0 Å². The number of likely N-dealkylation sites (tertiary alicyclic amines) is 1. The Morgan fingerprint density at radius 1 is 1.20 bits per heavy atom. The van der Waals surface area contributed by atoms with Crippen LogP contribution < -0.4 is 0 Å². The molecule has 9 heteroatoms. The van der Waals surface area contributed by atoms with Crippen LogP contribution in [-0.2, 0) is 0 Å². The molecule has 1 saturated heterocycles. The Labute approximate surface area is 171 Å². The number of amides is 1. The summed E-state index contributed by atoms with van der Waals surface area (Å²) in [4.78, 5) is 22.7. The van der Waals surface area contributed by atoms with E-state index in [4.69, 9.17) is 0 Å². The van der Waals surface area contributed by atoms with E-state index in [0.29, 0.717) is 41.9 Å². The van der Waals surface area contributed by atoms with Gasteiger partial charge in [0.2, 0.25) is 0 Å². The Kier molecular flexibility index (Phi) is 5.21. The lowest BCUT2D eigenvalue weighted by Crippen LogP contribution is -2.42. The van der Waals surface area contributed by atoms with E-state index in [2.05, 4.69) is 15.1 Å². The Morgan fingerprint density at radius 2 is 1.90 bits per heavy atom. The van der Waals surface area contributed by atoms with Gasteiger partial charge in [-0.2, -0.15) is 10.1 Å². The Bertz CT molecular complexity index is 1090. The van der Waals surface area contributed by atoms with Crippen molar-refractivity contribution in [3.8, 4) is 0 Å². The van der Waals surface area contributed by atoms with Crippen LogP contribution in [-0.4, -0.2) is 43.5 Å². The molecule has 0 aliphatic carbocycles. The van der Waals surface area contributed by atoms with Crippen molar-refractivity contribution in [2.75, 3.05) is 13.1 Å². The first-order valence-corrected chi connectivity index (χ1v) is 9.81. The number of alkyl halides is 2. The molecule has 4 rings (SSSR count). The third-order valence-corrected chi connectivity index (χ3v) is 5.83. The first kappa shape index (κ1) is 20.3. The van der Waals surface area contributed by atoms with Crippen LogP contribution in [0.25, 0.3) is 5.78 Å². The van der Waals surface area contributed by atoms with Crippen molar-refractivity contribution in [3.63, 3.8) is 0 Å². The van der Waals surface area contributed by atoms with Gasteiger partial charge >= 0.3 is 0 Å². The number of hydrogen-bond donors (Lipinski definition) is 0. The summed E-state index contributed by atoms with van der Waals surface area (Å²) >= 11 is 0. The van der Waals surface area contributed by atoms with Crippen LogP contribution in [0.3, 0.4) is 0 Å². The van der Waals surface area contributed by atoms with Gasteiger partial charge in [0.05, 0.1) is 5.69 Å². The zero-order chi connectivity index (χ0) is 21.6. The number of fused-ring (bicyclic) bond motifs is 1. The topological polar surface area (TPSA) is 63.4 Å². The lowest BCUT2D eigenvalue weighted by Gasteiger charge is -2.37. The fourth-order valence-corrected chi connectivity index (χ4v) is 4.12. The maximum absolute atomic E-state index is 14.0. The van der Waals surface area contributed by atoms with Crippen LogP contribution in [0.5, 0.6) is 0 Å². The van der Waals surface area contributed by atoms with Crippen molar-refractivity contribution in [1.29, 1.82) is 0 Å². The highest BCUT2D eigenvalue weighted by molar-refractivity contribution is 5.94. The van der Waals surface area contributed by atoms with E-state index in [1.54, 1.807) is 30.9 Å². The summed E-state index contributed by atoms with van der Waals surface area (Å²) in [5.41, 5.74) is 1.46. The van der Waals surface area contributed by atoms with Crippen LogP contribution in [0.15, 0.2) is 24.5 Å². The normalized spacial score (nSPS) is 19.6. The zero-order valence-electron chi connectivity index (χ0n) is 16.9. The van der Waals surface area contributed by atoms with Crippen molar-refractivity contribution in [2.24, 2.45) is 5.92 Å². The molecule has 2 atom stereocenters. The highest BCUT2D eigenvalue weighted by atomic mass is 19.3. The van der Waals surface area contributed by atoms with Gasteiger partial charge < -0.3 is 4.90 Å². The number of benzene rings is 1. The maximum atomic E-state index is 14.0. The Balaban J connectivity index is 1.69. The fourth-order valence-electron chi connectivity index (χ4n) is 4.12. The summed E-state index contributed by atoms with van der Waals surface area (Å²) in [6.45, 7) is 6.18. The van der Waals surface area contributed by atoms with Crippen LogP contribution in [0.2, 0.25) is 0 Å². The maximum Gasteiger partial charge on any atom is 0.280 e. The third-order valence-electron chi connectivity index (χ3n) is 5.83. The molecule has 0 saturated carbocycles. The van der Waals surface area contributed by atoms with Gasteiger partial charge in [-0.3, -0.25) is 4.79 Å². The molecule has 0 radical (unpaired) electrons. The number of nitrogens with zero attached hydrogens (tertiary/aromatic N) is 5. The van der Waals surface area contributed by atoms with E-state index in [-0.39, 0.29) is 35.0 Å². The Hall–Kier alpha value is -2.97. The van der Waals surface area contributed by atoms with Crippen molar-refractivity contribution in [2.45, 2.75) is 39.5 Å². The molecule has 6 nitrogen and oxygen atoms in total. The second-order valence-electron chi connectivity index (χ2n) is 7.93. The molecule has 0 N–H and O–H groups in total. The fraction of sp³-hybridized carbons (Fsp3) is 0.429. The standard InChI is InChI=1S/C21H22F3N5O/c1-11-4-5-28(20(30)14-6-12(2)18(22)13(3)7-14)9-15(11)17-8-16(19(23)24)27-21-25-10-26-29(17)21/h6-8,10-11,15,19H,4-5,9H2,1-3H3/t11-,15-/m1/s1. The zero-order valence-corrected chi connectivity index (χ0v) is 16.9. The first-order chi connectivity index (χ1) is 14.3. The van der Waals surface area contributed by atoms with Crippen molar-refractivity contribution >= 4 is 11.7 Å². The van der Waals surface area contributed by atoms with Crippen molar-refractivity contribution < 1.29 is 18.0 Å². The molecular formula is C21H22F3N5O. The number of hydrogen-bond acceptors (Lipinski definition) is 4. The summed E-state index contributed by atoms with van der Waals surface area (Å²) in [5.74, 6) is -0.470. The highest BCUT2D eigenvalue weighted by Gasteiger charge is 2.33. The molecule has 0 unspecified atom stereocenters. The van der Waals surface area contributed by atoms with Crippen LogP contribution in [0, 0.1) is 25.6 Å². The lowest BCUT2D eigenvalue weighted by atomic mass is 9.84. The molecule has 3 aromatic rings. The number of carbonyl (C=O) groups excluding carboxylic acids is 1. The minimum atomic E-state index is -2.73. The van der Waals surface area contributed by atoms with Gasteiger partial charge in [-0.1, -0.05) is 6.92 Å². The number of aryl methyl sites for hydroxylation is 2. The molecule has 1 aliphatic rings. The van der Waals surface area contributed by atoms with Gasteiger partial charge in [-0.25, -0.2) is 22.7 Å². The average Bonchev–Trinajstić information content (AvgIpc) is 3.19. The second-order valence-corrected chi connectivity index (χ2v) is 7.93. The predicted octanol–water partition coefficient (Wildman–Crippen LogP) is 4.08. The second kappa shape index (κ2) is 7.70. The number of rotatable bonds is 3. The largest absolute Gasteiger partial charge is 0.338 e. The van der Waals surface area contributed by atoms with Crippen LogP contribution in [0.1, 0.15) is 58.6 Å². The number of carbonyl (C=O) groups is 1. The van der Waals surface area contributed by atoms with E-state index in [1.807, 2.05) is 6.92 Å². The molecule has 0 spiro atoms. The molecule has 1 fully saturated rings. The van der Waals surface area contributed by atoms with E-state index in [9.17, 15) is 18.0 Å². The van der Waals surface area contributed by atoms with Crippen molar-refractivity contribution in [3.05, 3.63) is 58.4 Å². The van der Waals surface area contributed by atoms with Gasteiger partial charge in [-0.15, -0.1) is 0 Å². The van der Waals surface area contributed by atoms with Crippen molar-refractivity contribution in [1.82, 2.24) is 24.5 Å². The highest BCUT2D eigenvalue weighted by Crippen LogP contribution is 2.34. The molecule has 2 aromatic heterocycles. The van der Waals surface area contributed by atoms with E-state index in [1.165, 1.54) is 16.9 Å². The van der Waals surface area contributed by atoms with E-state index < -0.39 is 6.43 Å².